The minimum absolute atomic E-state index is 0.0439. The van der Waals surface area contributed by atoms with Gasteiger partial charge in [0.1, 0.15) is 0 Å². The van der Waals surface area contributed by atoms with Crippen LogP contribution in [0.25, 0.3) is 10.9 Å². The third-order valence-corrected chi connectivity index (χ3v) is 3.37. The van der Waals surface area contributed by atoms with Crippen molar-refractivity contribution in [1.82, 2.24) is 9.88 Å². The van der Waals surface area contributed by atoms with E-state index < -0.39 is 0 Å². The number of carbonyl (C=O) groups excluding carboxylic acids is 1. The summed E-state index contributed by atoms with van der Waals surface area (Å²) in [5.74, 6) is 0.0439. The summed E-state index contributed by atoms with van der Waals surface area (Å²) >= 11 is 3.45. The largest absolute Gasteiger partial charge is 0.359 e. The Kier molecular flexibility index (Phi) is 3.01. The summed E-state index contributed by atoms with van der Waals surface area (Å²) in [6.45, 7) is 2.67. The highest BCUT2D eigenvalue weighted by Crippen LogP contribution is 2.26. The van der Waals surface area contributed by atoms with Crippen molar-refractivity contribution in [2.45, 2.75) is 6.92 Å². The van der Waals surface area contributed by atoms with Gasteiger partial charge in [-0.05, 0) is 28.9 Å². The molecule has 0 saturated heterocycles. The van der Waals surface area contributed by atoms with Crippen LogP contribution in [0.3, 0.4) is 0 Å². The van der Waals surface area contributed by atoms with Gasteiger partial charge in [-0.3, -0.25) is 4.79 Å². The monoisotopic (exact) mass is 280 g/mol. The second-order valence-corrected chi connectivity index (χ2v) is 4.54. The smallest absolute Gasteiger partial charge is 0.255 e. The minimum Gasteiger partial charge on any atom is -0.359 e. The first-order valence-corrected chi connectivity index (χ1v) is 5.95. The summed E-state index contributed by atoms with van der Waals surface area (Å²) in [7, 11) is 1.80. The van der Waals surface area contributed by atoms with Crippen molar-refractivity contribution in [3.63, 3.8) is 0 Å². The van der Waals surface area contributed by atoms with E-state index in [4.69, 9.17) is 0 Å². The van der Waals surface area contributed by atoms with Gasteiger partial charge in [-0.2, -0.15) is 0 Å². The van der Waals surface area contributed by atoms with Crippen molar-refractivity contribution in [1.29, 1.82) is 0 Å². The standard InChI is InChI=1S/C12H13BrN2O/c1-3-15(2)12(16)9-6-4-5-8-10(13)7-14-11(8)9/h4-7,14H,3H2,1-2H3. The summed E-state index contributed by atoms with van der Waals surface area (Å²) in [5, 5.41) is 1.04. The van der Waals surface area contributed by atoms with Gasteiger partial charge < -0.3 is 9.88 Å². The lowest BCUT2D eigenvalue weighted by Gasteiger charge is -2.14. The van der Waals surface area contributed by atoms with Crippen LogP contribution in [-0.4, -0.2) is 29.4 Å². The zero-order chi connectivity index (χ0) is 11.7. The van der Waals surface area contributed by atoms with Gasteiger partial charge in [0.25, 0.3) is 5.91 Å². The number of para-hydroxylation sites is 1. The third-order valence-electron chi connectivity index (χ3n) is 2.72. The molecule has 4 heteroatoms. The van der Waals surface area contributed by atoms with Crippen molar-refractivity contribution < 1.29 is 4.79 Å². The minimum atomic E-state index is 0.0439. The van der Waals surface area contributed by atoms with Gasteiger partial charge in [0.15, 0.2) is 0 Å². The highest BCUT2D eigenvalue weighted by Gasteiger charge is 2.14. The number of amides is 1. The Bertz CT molecular complexity index is 533. The number of fused-ring (bicyclic) bond motifs is 1. The molecular weight excluding hydrogens is 268 g/mol. The number of hydrogen-bond acceptors (Lipinski definition) is 1. The second-order valence-electron chi connectivity index (χ2n) is 3.68. The lowest BCUT2D eigenvalue weighted by Crippen LogP contribution is -2.26. The van der Waals surface area contributed by atoms with Crippen LogP contribution < -0.4 is 0 Å². The van der Waals surface area contributed by atoms with Crippen molar-refractivity contribution in [3.05, 3.63) is 34.4 Å². The molecule has 0 spiro atoms. The molecule has 1 aromatic carbocycles. The highest BCUT2D eigenvalue weighted by molar-refractivity contribution is 9.10. The lowest BCUT2D eigenvalue weighted by molar-refractivity contribution is 0.0804. The van der Waals surface area contributed by atoms with Crippen molar-refractivity contribution in [2.75, 3.05) is 13.6 Å². The molecule has 0 atom stereocenters. The number of rotatable bonds is 2. The molecule has 1 aromatic heterocycles. The number of carbonyl (C=O) groups is 1. The zero-order valence-electron chi connectivity index (χ0n) is 9.25. The summed E-state index contributed by atoms with van der Waals surface area (Å²) in [6.07, 6.45) is 1.85. The molecule has 0 unspecified atom stereocenters. The fourth-order valence-corrected chi connectivity index (χ4v) is 2.09. The predicted octanol–water partition coefficient (Wildman–Crippen LogP) is 3.02. The molecule has 2 rings (SSSR count). The normalized spacial score (nSPS) is 10.7. The van der Waals surface area contributed by atoms with Crippen molar-refractivity contribution in [2.24, 2.45) is 0 Å². The van der Waals surface area contributed by atoms with Crippen LogP contribution in [0.1, 0.15) is 17.3 Å². The summed E-state index contributed by atoms with van der Waals surface area (Å²) < 4.78 is 0.983. The number of aromatic amines is 1. The molecule has 0 saturated carbocycles. The van der Waals surface area contributed by atoms with E-state index in [0.29, 0.717) is 12.1 Å². The van der Waals surface area contributed by atoms with Gasteiger partial charge in [-0.1, -0.05) is 12.1 Å². The Labute approximate surface area is 103 Å². The maximum absolute atomic E-state index is 12.1. The van der Waals surface area contributed by atoms with Crippen LogP contribution in [0.2, 0.25) is 0 Å². The van der Waals surface area contributed by atoms with Gasteiger partial charge in [0, 0.05) is 29.6 Å². The summed E-state index contributed by atoms with van der Waals surface area (Å²) in [4.78, 5) is 16.9. The molecule has 2 aromatic rings. The molecule has 0 bridgehead atoms. The number of aromatic nitrogens is 1. The van der Waals surface area contributed by atoms with E-state index in [9.17, 15) is 4.79 Å². The predicted molar refractivity (Wildman–Crippen MR) is 68.6 cm³/mol. The molecule has 0 aliphatic heterocycles. The van der Waals surface area contributed by atoms with E-state index in [0.717, 1.165) is 15.4 Å². The van der Waals surface area contributed by atoms with E-state index in [-0.39, 0.29) is 5.91 Å². The van der Waals surface area contributed by atoms with E-state index in [2.05, 4.69) is 20.9 Å². The lowest BCUT2D eigenvalue weighted by atomic mass is 10.1. The number of nitrogens with zero attached hydrogens (tertiary/aromatic N) is 1. The molecule has 1 N–H and O–H groups in total. The van der Waals surface area contributed by atoms with Crippen molar-refractivity contribution in [3.8, 4) is 0 Å². The molecule has 84 valence electrons. The number of H-pyrrole nitrogens is 1. The van der Waals surface area contributed by atoms with Gasteiger partial charge >= 0.3 is 0 Å². The first-order valence-electron chi connectivity index (χ1n) is 5.16. The highest BCUT2D eigenvalue weighted by atomic mass is 79.9. The van der Waals surface area contributed by atoms with Crippen LogP contribution in [0.5, 0.6) is 0 Å². The summed E-state index contributed by atoms with van der Waals surface area (Å²) in [6, 6.07) is 5.73. The quantitative estimate of drug-likeness (QED) is 0.902. The number of halogens is 1. The first kappa shape index (κ1) is 11.2. The van der Waals surface area contributed by atoms with Gasteiger partial charge in [-0.15, -0.1) is 0 Å². The number of benzene rings is 1. The Morgan fingerprint density at radius 2 is 2.25 bits per heavy atom. The maximum atomic E-state index is 12.1. The SMILES string of the molecule is CCN(C)C(=O)c1cccc2c(Br)c[nH]c12. The molecule has 1 heterocycles. The van der Waals surface area contributed by atoms with Crippen LogP contribution in [0.15, 0.2) is 28.9 Å². The maximum Gasteiger partial charge on any atom is 0.255 e. The average Bonchev–Trinajstić information content (AvgIpc) is 2.69. The molecule has 0 aliphatic carbocycles. The van der Waals surface area contributed by atoms with Gasteiger partial charge in [0.05, 0.1) is 11.1 Å². The van der Waals surface area contributed by atoms with Gasteiger partial charge in [-0.25, -0.2) is 0 Å². The average molecular weight is 281 g/mol. The van der Waals surface area contributed by atoms with Crippen LogP contribution in [0, 0.1) is 0 Å². The van der Waals surface area contributed by atoms with Crippen LogP contribution in [-0.2, 0) is 0 Å². The molecule has 0 aliphatic rings. The second kappa shape index (κ2) is 4.29. The molecular formula is C12H13BrN2O. The fourth-order valence-electron chi connectivity index (χ4n) is 1.65. The molecule has 16 heavy (non-hydrogen) atoms. The van der Waals surface area contributed by atoms with Crippen LogP contribution >= 0.6 is 15.9 Å². The Morgan fingerprint density at radius 1 is 1.50 bits per heavy atom. The summed E-state index contributed by atoms with van der Waals surface area (Å²) in [5.41, 5.74) is 1.60. The molecule has 0 fully saturated rings. The van der Waals surface area contributed by atoms with Crippen LogP contribution in [0.4, 0.5) is 0 Å². The number of hydrogen-bond donors (Lipinski definition) is 1. The topological polar surface area (TPSA) is 36.1 Å². The first-order chi connectivity index (χ1) is 7.65. The Hall–Kier alpha value is -1.29. The van der Waals surface area contributed by atoms with Crippen molar-refractivity contribution >= 4 is 32.7 Å². The van der Waals surface area contributed by atoms with Gasteiger partial charge in [0.2, 0.25) is 0 Å². The van der Waals surface area contributed by atoms with E-state index in [1.807, 2.05) is 31.3 Å². The van der Waals surface area contributed by atoms with E-state index in [1.54, 1.807) is 11.9 Å². The fraction of sp³-hybridized carbons (Fsp3) is 0.250. The zero-order valence-corrected chi connectivity index (χ0v) is 10.8. The molecule has 0 radical (unpaired) electrons. The Balaban J connectivity index is 2.56. The Morgan fingerprint density at radius 3 is 2.94 bits per heavy atom. The number of nitrogens with one attached hydrogen (secondary N) is 1. The molecule has 3 nitrogen and oxygen atoms in total. The third kappa shape index (κ3) is 1.73. The molecule has 1 amide bonds. The van der Waals surface area contributed by atoms with E-state index in [1.165, 1.54) is 0 Å². The van der Waals surface area contributed by atoms with E-state index >= 15 is 0 Å².